The maximum Gasteiger partial charge on any atom is 0.249 e. The van der Waals surface area contributed by atoms with E-state index < -0.39 is 0 Å². The normalized spacial score (nSPS) is 16.0. The van der Waals surface area contributed by atoms with Gasteiger partial charge >= 0.3 is 0 Å². The van der Waals surface area contributed by atoms with Crippen LogP contribution in [0.3, 0.4) is 0 Å². The van der Waals surface area contributed by atoms with Crippen molar-refractivity contribution in [1.82, 2.24) is 15.5 Å². The number of amides is 1. The zero-order chi connectivity index (χ0) is 17.3. The van der Waals surface area contributed by atoms with Gasteiger partial charge < -0.3 is 9.84 Å². The molecule has 1 amide bonds. The van der Waals surface area contributed by atoms with Crippen molar-refractivity contribution in [2.75, 3.05) is 0 Å². The molecule has 1 aromatic heterocycles. The van der Waals surface area contributed by atoms with Crippen LogP contribution in [0.15, 0.2) is 22.7 Å². The minimum absolute atomic E-state index is 0.0816. The number of rotatable bonds is 5. The van der Waals surface area contributed by atoms with Gasteiger partial charge in [0.05, 0.1) is 0 Å². The van der Waals surface area contributed by atoms with Crippen LogP contribution in [-0.2, 0) is 4.79 Å². The van der Waals surface area contributed by atoms with Gasteiger partial charge in [-0.25, -0.2) is 0 Å². The highest BCUT2D eigenvalue weighted by molar-refractivity contribution is 6.31. The fraction of sp³-hybridized carbons (Fsp3) is 0.500. The Morgan fingerprint density at radius 1 is 1.38 bits per heavy atom. The highest BCUT2D eigenvalue weighted by Gasteiger charge is 2.30. The van der Waals surface area contributed by atoms with Crippen LogP contribution in [0.2, 0.25) is 5.02 Å². The molecule has 1 heterocycles. The van der Waals surface area contributed by atoms with Crippen LogP contribution in [0.1, 0.15) is 50.6 Å². The zero-order valence-corrected chi connectivity index (χ0v) is 14.9. The topological polar surface area (TPSA) is 68.0 Å². The third-order valence-corrected chi connectivity index (χ3v) is 4.99. The molecular weight excluding hydrogens is 326 g/mol. The van der Waals surface area contributed by atoms with Crippen molar-refractivity contribution in [3.63, 3.8) is 0 Å². The van der Waals surface area contributed by atoms with Crippen molar-refractivity contribution < 1.29 is 9.32 Å². The summed E-state index contributed by atoms with van der Waals surface area (Å²) in [5.74, 6) is 1.28. The van der Waals surface area contributed by atoms with E-state index in [1.54, 1.807) is 0 Å². The average Bonchev–Trinajstić information content (AvgIpc) is 2.95. The summed E-state index contributed by atoms with van der Waals surface area (Å²) in [6.45, 7) is 6.00. The smallest absolute Gasteiger partial charge is 0.249 e. The maximum absolute atomic E-state index is 12.3. The Morgan fingerprint density at radius 2 is 2.12 bits per heavy atom. The van der Waals surface area contributed by atoms with Gasteiger partial charge in [-0.2, -0.15) is 4.98 Å². The van der Waals surface area contributed by atoms with Gasteiger partial charge in [-0.05, 0) is 37.3 Å². The van der Waals surface area contributed by atoms with Crippen LogP contribution in [-0.4, -0.2) is 16.0 Å². The van der Waals surface area contributed by atoms with Gasteiger partial charge in [-0.3, -0.25) is 4.79 Å². The molecule has 1 fully saturated rings. The lowest BCUT2D eigenvalue weighted by Gasteiger charge is -2.27. The summed E-state index contributed by atoms with van der Waals surface area (Å²) in [6.07, 6.45) is 3.06. The monoisotopic (exact) mass is 347 g/mol. The van der Waals surface area contributed by atoms with Gasteiger partial charge in [0.15, 0.2) is 0 Å². The van der Waals surface area contributed by atoms with E-state index in [0.717, 1.165) is 30.4 Å². The highest BCUT2D eigenvalue weighted by atomic mass is 35.5. The lowest BCUT2D eigenvalue weighted by Crippen LogP contribution is -2.38. The van der Waals surface area contributed by atoms with Crippen LogP contribution in [0.5, 0.6) is 0 Å². The quantitative estimate of drug-likeness (QED) is 0.874. The van der Waals surface area contributed by atoms with Crippen LogP contribution in [0.4, 0.5) is 0 Å². The second-order valence-corrected chi connectivity index (χ2v) is 7.19. The number of nitrogens with zero attached hydrogens (tertiary/aromatic N) is 2. The van der Waals surface area contributed by atoms with Crippen LogP contribution >= 0.6 is 11.6 Å². The Balaban J connectivity index is 1.80. The van der Waals surface area contributed by atoms with E-state index in [2.05, 4.69) is 15.5 Å². The lowest BCUT2D eigenvalue weighted by atomic mass is 9.84. The minimum atomic E-state index is -0.278. The number of carbonyl (C=O) groups excluding carboxylic acids is 1. The summed E-state index contributed by atoms with van der Waals surface area (Å²) >= 11 is 6.17. The average molecular weight is 348 g/mol. The molecule has 0 radical (unpaired) electrons. The van der Waals surface area contributed by atoms with Crippen molar-refractivity contribution in [3.05, 3.63) is 34.7 Å². The van der Waals surface area contributed by atoms with Crippen molar-refractivity contribution in [2.24, 2.45) is 11.8 Å². The molecule has 3 rings (SSSR count). The highest BCUT2D eigenvalue weighted by Crippen LogP contribution is 2.30. The van der Waals surface area contributed by atoms with Crippen LogP contribution < -0.4 is 5.32 Å². The fourth-order valence-corrected chi connectivity index (χ4v) is 2.85. The van der Waals surface area contributed by atoms with E-state index in [0.29, 0.717) is 16.7 Å². The third-order valence-electron chi connectivity index (χ3n) is 4.58. The Hall–Kier alpha value is -1.88. The van der Waals surface area contributed by atoms with E-state index in [-0.39, 0.29) is 23.8 Å². The molecule has 0 aliphatic heterocycles. The third kappa shape index (κ3) is 3.46. The van der Waals surface area contributed by atoms with E-state index in [1.807, 2.05) is 39.0 Å². The number of aryl methyl sites for hydroxylation is 1. The van der Waals surface area contributed by atoms with Gasteiger partial charge in [-0.15, -0.1) is 0 Å². The fourth-order valence-electron chi connectivity index (χ4n) is 2.67. The number of nitrogens with one attached hydrogen (secondary N) is 1. The summed E-state index contributed by atoms with van der Waals surface area (Å²) in [4.78, 5) is 16.7. The molecule has 1 N–H and O–H groups in total. The first kappa shape index (κ1) is 17.0. The number of hydrogen-bond acceptors (Lipinski definition) is 4. The van der Waals surface area contributed by atoms with Crippen molar-refractivity contribution in [3.8, 4) is 11.4 Å². The van der Waals surface area contributed by atoms with E-state index in [1.165, 1.54) is 0 Å². The number of benzene rings is 1. The molecule has 1 aliphatic carbocycles. The van der Waals surface area contributed by atoms with Gasteiger partial charge in [-0.1, -0.05) is 49.2 Å². The van der Waals surface area contributed by atoms with Crippen LogP contribution in [0.25, 0.3) is 11.4 Å². The Kier molecular flexibility index (Phi) is 4.90. The molecule has 0 saturated heterocycles. The molecule has 1 aromatic carbocycles. The molecule has 2 aromatic rings. The molecule has 1 aliphatic rings. The van der Waals surface area contributed by atoms with Gasteiger partial charge in [0.1, 0.15) is 6.04 Å². The van der Waals surface area contributed by atoms with Gasteiger partial charge in [0, 0.05) is 16.5 Å². The van der Waals surface area contributed by atoms with E-state index >= 15 is 0 Å². The summed E-state index contributed by atoms with van der Waals surface area (Å²) in [5, 5.41) is 7.77. The standard InChI is InChI=1S/C18H22ClN3O2/c1-10(2)15(20-17(23)12-5-4-6-12)18-21-16(22-24-18)13-8-7-11(3)14(19)9-13/h7-10,12,15H,4-6H2,1-3H3,(H,20,23). The van der Waals surface area contributed by atoms with Gasteiger partial charge in [0.2, 0.25) is 17.6 Å². The lowest BCUT2D eigenvalue weighted by molar-refractivity contribution is -0.128. The SMILES string of the molecule is Cc1ccc(-c2noc(C(NC(=O)C3CCC3)C(C)C)n2)cc1Cl. The Morgan fingerprint density at radius 3 is 2.71 bits per heavy atom. The summed E-state index contributed by atoms with van der Waals surface area (Å²) in [6, 6.07) is 5.38. The number of carbonyl (C=O) groups is 1. The molecular formula is C18H22ClN3O2. The first-order valence-corrected chi connectivity index (χ1v) is 8.74. The Bertz CT molecular complexity index is 738. The molecule has 1 atom stereocenters. The summed E-state index contributed by atoms with van der Waals surface area (Å²) in [5.41, 5.74) is 1.80. The van der Waals surface area contributed by atoms with E-state index in [9.17, 15) is 4.79 Å². The Labute approximate surface area is 146 Å². The largest absolute Gasteiger partial charge is 0.344 e. The molecule has 0 bridgehead atoms. The number of hydrogen-bond donors (Lipinski definition) is 1. The van der Waals surface area contributed by atoms with Crippen molar-refractivity contribution >= 4 is 17.5 Å². The van der Waals surface area contributed by atoms with Crippen LogP contribution in [0, 0.1) is 18.8 Å². The summed E-state index contributed by atoms with van der Waals surface area (Å²) < 4.78 is 5.43. The van der Waals surface area contributed by atoms with Crippen molar-refractivity contribution in [1.29, 1.82) is 0 Å². The first-order valence-electron chi connectivity index (χ1n) is 8.36. The predicted molar refractivity (Wildman–Crippen MR) is 92.5 cm³/mol. The molecule has 128 valence electrons. The van der Waals surface area contributed by atoms with E-state index in [4.69, 9.17) is 16.1 Å². The maximum atomic E-state index is 12.3. The molecule has 5 nitrogen and oxygen atoms in total. The second kappa shape index (κ2) is 6.93. The second-order valence-electron chi connectivity index (χ2n) is 6.78. The summed E-state index contributed by atoms with van der Waals surface area (Å²) in [7, 11) is 0. The molecule has 6 heteroatoms. The minimum Gasteiger partial charge on any atom is -0.344 e. The first-order chi connectivity index (χ1) is 11.5. The van der Waals surface area contributed by atoms with Crippen molar-refractivity contribution in [2.45, 2.75) is 46.1 Å². The number of halogens is 1. The van der Waals surface area contributed by atoms with Gasteiger partial charge in [0.25, 0.3) is 0 Å². The number of aromatic nitrogens is 2. The predicted octanol–water partition coefficient (Wildman–Crippen LogP) is 4.31. The molecule has 0 spiro atoms. The molecule has 1 saturated carbocycles. The molecule has 1 unspecified atom stereocenters. The molecule has 24 heavy (non-hydrogen) atoms. The zero-order valence-electron chi connectivity index (χ0n) is 14.2.